The van der Waals surface area contributed by atoms with Gasteiger partial charge in [0.1, 0.15) is 34.4 Å². The quantitative estimate of drug-likeness (QED) is 0.0255. The van der Waals surface area contributed by atoms with Crippen molar-refractivity contribution in [1.82, 2.24) is 29.8 Å². The highest BCUT2D eigenvalue weighted by Crippen LogP contribution is 2.42. The van der Waals surface area contributed by atoms with Crippen LogP contribution in [0.5, 0.6) is 23.0 Å². The van der Waals surface area contributed by atoms with Crippen molar-refractivity contribution < 1.29 is 44.8 Å². The molecule has 1 fully saturated rings. The number of carboxylic acid groups (broad SMARTS) is 1. The summed E-state index contributed by atoms with van der Waals surface area (Å²) in [6, 6.07) is 10.7. The molecular formula is C32H26N8O9S3. The van der Waals surface area contributed by atoms with Crippen molar-refractivity contribution in [2.45, 2.75) is 23.0 Å². The van der Waals surface area contributed by atoms with Gasteiger partial charge >= 0.3 is 5.97 Å². The number of carbonyl (C=O) groups is 3. The number of benzene rings is 2. The number of phenolic OH excluding ortho intramolecular Hbond substituents is 4. The molecule has 2 aliphatic rings. The van der Waals surface area contributed by atoms with Crippen LogP contribution in [0, 0.1) is 0 Å². The van der Waals surface area contributed by atoms with E-state index < -0.39 is 29.2 Å². The minimum absolute atomic E-state index is 0.0895. The number of thioether (sulfide) groups is 2. The number of rotatable bonds is 11. The number of carbonyl (C=O) groups excluding carboxylic acids is 2. The second-order valence-corrected chi connectivity index (χ2v) is 14.3. The average Bonchev–Trinajstić information content (AvgIpc) is 3.79. The van der Waals surface area contributed by atoms with Crippen molar-refractivity contribution in [2.75, 3.05) is 17.2 Å². The van der Waals surface area contributed by atoms with E-state index >= 15 is 0 Å². The Labute approximate surface area is 305 Å². The Morgan fingerprint density at radius 3 is 2.52 bits per heavy atom. The summed E-state index contributed by atoms with van der Waals surface area (Å²) in [6.45, 7) is -0.181. The van der Waals surface area contributed by atoms with Gasteiger partial charge in [0.15, 0.2) is 39.5 Å². The summed E-state index contributed by atoms with van der Waals surface area (Å²) in [5, 5.41) is 61.7. The van der Waals surface area contributed by atoms with Gasteiger partial charge in [0.05, 0.1) is 11.9 Å². The molecule has 20 heteroatoms. The van der Waals surface area contributed by atoms with Crippen molar-refractivity contribution in [3.8, 4) is 34.3 Å². The molecule has 0 bridgehead atoms. The Balaban J connectivity index is 1.08. The molecule has 0 spiro atoms. The summed E-state index contributed by atoms with van der Waals surface area (Å²) in [7, 11) is 0. The fourth-order valence-corrected chi connectivity index (χ4v) is 8.46. The molecular weight excluding hydrogens is 737 g/mol. The first-order valence-electron chi connectivity index (χ1n) is 15.1. The lowest BCUT2D eigenvalue weighted by atomic mass is 10.0. The Bertz CT molecular complexity index is 2320. The molecule has 5 aromatic rings. The molecule has 8 N–H and O–H groups in total. The molecule has 0 radical (unpaired) electrons. The van der Waals surface area contributed by atoms with E-state index in [0.29, 0.717) is 33.1 Å². The first-order valence-corrected chi connectivity index (χ1v) is 18.0. The van der Waals surface area contributed by atoms with Crippen LogP contribution in [0.1, 0.15) is 11.3 Å². The Kier molecular flexibility index (Phi) is 9.25. The molecule has 2 atom stereocenters. The van der Waals surface area contributed by atoms with Crippen LogP contribution in [0.4, 0.5) is 5.13 Å². The molecule has 2 amide bonds. The molecule has 5 heterocycles. The van der Waals surface area contributed by atoms with Gasteiger partial charge in [0.25, 0.3) is 11.8 Å². The molecule has 1 saturated heterocycles. The van der Waals surface area contributed by atoms with Crippen molar-refractivity contribution in [3.63, 3.8) is 0 Å². The van der Waals surface area contributed by atoms with Crippen LogP contribution < -0.4 is 11.1 Å². The Hall–Kier alpha value is -5.99. The highest BCUT2D eigenvalue weighted by molar-refractivity contribution is 8.01. The number of nitrogens with one attached hydrogen (secondary N) is 1. The second-order valence-electron chi connectivity index (χ2n) is 11.3. The van der Waals surface area contributed by atoms with Gasteiger partial charge in [-0.2, -0.15) is 5.10 Å². The normalized spacial score (nSPS) is 17.2. The molecule has 2 aromatic carbocycles. The third-order valence-electron chi connectivity index (χ3n) is 7.94. The number of β-lactam (4-membered cyclic amide) rings is 1. The number of carboxylic acids is 1. The molecule has 17 nitrogen and oxygen atoms in total. The van der Waals surface area contributed by atoms with Gasteiger partial charge in [-0.25, -0.2) is 19.3 Å². The van der Waals surface area contributed by atoms with Crippen LogP contribution >= 0.6 is 34.9 Å². The molecule has 0 unspecified atom stereocenters. The number of nitrogens with two attached hydrogens (primary N) is 1. The number of aliphatic carboxylic acids is 1. The number of anilines is 1. The number of fused-ring (bicyclic) bond motifs is 2. The van der Waals surface area contributed by atoms with Gasteiger partial charge in [-0.05, 0) is 47.5 Å². The van der Waals surface area contributed by atoms with E-state index in [1.165, 1.54) is 59.2 Å². The highest BCUT2D eigenvalue weighted by atomic mass is 32.2. The largest absolute Gasteiger partial charge is 0.504 e. The number of nitrogen functional groups attached to an aromatic ring is 1. The van der Waals surface area contributed by atoms with Gasteiger partial charge in [0.2, 0.25) is 0 Å². The summed E-state index contributed by atoms with van der Waals surface area (Å²) >= 11 is 3.63. The highest BCUT2D eigenvalue weighted by Gasteiger charge is 2.54. The second kappa shape index (κ2) is 14.0. The molecule has 52 heavy (non-hydrogen) atoms. The topological polar surface area (TPSA) is 258 Å². The standard InChI is InChI=1S/C32H26N8O9S3/c33-32-36-18(13-52-32)25(38-49-10-14-1-3-19(41)21(43)7-14)28(45)37-26-29(46)39-27(31(47)48)16(12-51-30(26)39)11-50-24-9-17(35-23-5-6-34-40(23)24)15-2-4-20(42)22(44)8-15/h1-9,13,26,30,41-44H,10-12H2,(H2,33,36)(H,37,45)(H,47,48)/b38-25-/t26-,30-/m1/s1. The van der Waals surface area contributed by atoms with E-state index in [1.807, 2.05) is 0 Å². The van der Waals surface area contributed by atoms with E-state index in [4.69, 9.17) is 10.6 Å². The van der Waals surface area contributed by atoms with Crippen molar-refractivity contribution in [3.05, 3.63) is 82.6 Å². The number of aromatic hydroxyl groups is 4. The summed E-state index contributed by atoms with van der Waals surface area (Å²) in [4.78, 5) is 54.7. The summed E-state index contributed by atoms with van der Waals surface area (Å²) in [5.41, 5.74) is 7.86. The van der Waals surface area contributed by atoms with E-state index in [-0.39, 0.29) is 63.3 Å². The summed E-state index contributed by atoms with van der Waals surface area (Å²) in [6.07, 6.45) is 1.56. The van der Waals surface area contributed by atoms with Crippen LogP contribution in [0.3, 0.4) is 0 Å². The SMILES string of the molecule is Nc1nc(/C(=N/OCc2ccc(O)c(O)c2)C(=O)N[C@@H]2C(=O)N3C(C(=O)O)=C(CSc4cc(-c5ccc(O)c(O)c5)nc5ccnn45)CS[C@H]23)cs1. The first-order chi connectivity index (χ1) is 25.0. The Morgan fingerprint density at radius 2 is 1.81 bits per heavy atom. The lowest BCUT2D eigenvalue weighted by Gasteiger charge is -2.49. The zero-order valence-corrected chi connectivity index (χ0v) is 28.9. The maximum absolute atomic E-state index is 13.5. The molecule has 266 valence electrons. The van der Waals surface area contributed by atoms with Crippen molar-refractivity contribution in [1.29, 1.82) is 0 Å². The van der Waals surface area contributed by atoms with Gasteiger partial charge < -0.3 is 41.4 Å². The van der Waals surface area contributed by atoms with Crippen molar-refractivity contribution in [2.24, 2.45) is 5.16 Å². The minimum Gasteiger partial charge on any atom is -0.504 e. The minimum atomic E-state index is -1.30. The summed E-state index contributed by atoms with van der Waals surface area (Å²) < 4.78 is 1.59. The monoisotopic (exact) mass is 762 g/mol. The fraction of sp³-hybridized carbons (Fsp3) is 0.156. The van der Waals surface area contributed by atoms with Gasteiger partial charge in [-0.1, -0.05) is 11.2 Å². The molecule has 7 rings (SSSR count). The van der Waals surface area contributed by atoms with Crippen LogP contribution in [0.2, 0.25) is 0 Å². The Morgan fingerprint density at radius 1 is 1.04 bits per heavy atom. The van der Waals surface area contributed by atoms with E-state index in [1.54, 1.807) is 28.9 Å². The summed E-state index contributed by atoms with van der Waals surface area (Å²) in [5.74, 6) is -3.57. The zero-order chi connectivity index (χ0) is 36.7. The third-order valence-corrected chi connectivity index (χ3v) is 11.0. The number of nitrogens with zero attached hydrogens (tertiary/aromatic N) is 6. The lowest BCUT2D eigenvalue weighted by molar-refractivity contribution is -0.150. The fourth-order valence-electron chi connectivity index (χ4n) is 5.41. The van der Waals surface area contributed by atoms with E-state index in [9.17, 15) is 39.9 Å². The van der Waals surface area contributed by atoms with E-state index in [2.05, 4.69) is 25.5 Å². The third kappa shape index (κ3) is 6.61. The smallest absolute Gasteiger partial charge is 0.352 e. The number of hydrogen-bond acceptors (Lipinski definition) is 16. The van der Waals surface area contributed by atoms with Gasteiger partial charge in [-0.3, -0.25) is 14.5 Å². The first kappa shape index (κ1) is 34.5. The van der Waals surface area contributed by atoms with Gasteiger partial charge in [-0.15, -0.1) is 34.9 Å². The molecule has 3 aromatic heterocycles. The molecule has 2 aliphatic heterocycles. The number of oxime groups is 1. The number of amides is 2. The number of hydrogen-bond donors (Lipinski definition) is 7. The lowest BCUT2D eigenvalue weighted by Crippen LogP contribution is -2.71. The number of phenols is 4. The van der Waals surface area contributed by atoms with Crippen LogP contribution in [-0.2, 0) is 25.8 Å². The molecule has 0 saturated carbocycles. The van der Waals surface area contributed by atoms with Crippen LogP contribution in [0.15, 0.2) is 81.6 Å². The average molecular weight is 763 g/mol. The van der Waals surface area contributed by atoms with Crippen LogP contribution in [0.25, 0.3) is 16.9 Å². The predicted octanol–water partition coefficient (Wildman–Crippen LogP) is 2.71. The van der Waals surface area contributed by atoms with Crippen LogP contribution in [-0.4, -0.2) is 96.4 Å². The predicted molar refractivity (Wildman–Crippen MR) is 190 cm³/mol. The number of thiazole rings is 1. The maximum Gasteiger partial charge on any atom is 0.352 e. The van der Waals surface area contributed by atoms with Gasteiger partial charge in [0, 0.05) is 28.5 Å². The number of aromatic nitrogens is 4. The zero-order valence-electron chi connectivity index (χ0n) is 26.4. The molecule has 0 aliphatic carbocycles. The van der Waals surface area contributed by atoms with E-state index in [0.717, 1.165) is 16.2 Å². The maximum atomic E-state index is 13.5. The van der Waals surface area contributed by atoms with Crippen molar-refractivity contribution >= 4 is 69.1 Å².